The Morgan fingerprint density at radius 2 is 2.25 bits per heavy atom. The van der Waals surface area contributed by atoms with Gasteiger partial charge < -0.3 is 15.0 Å². The molecule has 1 saturated heterocycles. The first-order valence-corrected chi connectivity index (χ1v) is 7.36. The maximum absolute atomic E-state index is 12.1. The van der Waals surface area contributed by atoms with Crippen LogP contribution < -0.4 is 5.32 Å². The Kier molecular flexibility index (Phi) is 3.79. The second kappa shape index (κ2) is 5.72. The number of nitrogens with zero attached hydrogens (tertiary/aromatic N) is 3. The maximum Gasteiger partial charge on any atom is 0.242 e. The van der Waals surface area contributed by atoms with Crippen molar-refractivity contribution in [3.8, 4) is 0 Å². The Balaban J connectivity index is 1.68. The minimum absolute atomic E-state index is 0.0759. The first-order valence-electron chi connectivity index (χ1n) is 6.54. The third-order valence-corrected chi connectivity index (χ3v) is 4.18. The highest BCUT2D eigenvalue weighted by Gasteiger charge is 2.17. The summed E-state index contributed by atoms with van der Waals surface area (Å²) in [6.45, 7) is 4.85. The average molecular weight is 292 g/mol. The molecule has 2 aromatic heterocycles. The van der Waals surface area contributed by atoms with Gasteiger partial charge in [-0.25, -0.2) is 9.97 Å². The Hall–Kier alpha value is -1.73. The maximum atomic E-state index is 12.1. The highest BCUT2D eigenvalue weighted by Crippen LogP contribution is 2.27. The number of hydrogen-bond acceptors (Lipinski definition) is 6. The van der Waals surface area contributed by atoms with Crippen LogP contribution in [0, 0.1) is 6.92 Å². The molecule has 0 unspecified atom stereocenters. The van der Waals surface area contributed by atoms with E-state index in [9.17, 15) is 4.79 Å². The van der Waals surface area contributed by atoms with Crippen LogP contribution in [0.1, 0.15) is 4.88 Å². The van der Waals surface area contributed by atoms with Crippen molar-refractivity contribution in [1.82, 2.24) is 14.9 Å². The van der Waals surface area contributed by atoms with Gasteiger partial charge in [-0.15, -0.1) is 11.3 Å². The van der Waals surface area contributed by atoms with Gasteiger partial charge in [-0.05, 0) is 13.0 Å². The number of anilines is 1. The van der Waals surface area contributed by atoms with Crippen LogP contribution in [-0.4, -0.2) is 53.6 Å². The molecule has 1 aliphatic rings. The Bertz CT molecular complexity index is 622. The van der Waals surface area contributed by atoms with Crippen LogP contribution in [0.25, 0.3) is 10.2 Å². The molecular weight excluding hydrogens is 276 g/mol. The molecule has 1 aliphatic heterocycles. The fraction of sp³-hybridized carbons (Fsp3) is 0.462. The van der Waals surface area contributed by atoms with Gasteiger partial charge in [0.25, 0.3) is 0 Å². The van der Waals surface area contributed by atoms with Crippen LogP contribution in [0.2, 0.25) is 0 Å². The molecule has 20 heavy (non-hydrogen) atoms. The van der Waals surface area contributed by atoms with E-state index in [1.807, 2.05) is 17.9 Å². The van der Waals surface area contributed by atoms with Crippen LogP contribution >= 0.6 is 11.3 Å². The third kappa shape index (κ3) is 2.73. The number of aromatic nitrogens is 2. The van der Waals surface area contributed by atoms with Crippen molar-refractivity contribution in [1.29, 1.82) is 0 Å². The molecule has 106 valence electrons. The molecule has 0 bridgehead atoms. The summed E-state index contributed by atoms with van der Waals surface area (Å²) in [6.07, 6.45) is 1.53. The number of thiophene rings is 1. The van der Waals surface area contributed by atoms with Gasteiger partial charge >= 0.3 is 0 Å². The van der Waals surface area contributed by atoms with Crippen molar-refractivity contribution in [2.45, 2.75) is 6.92 Å². The number of morpholine rings is 1. The van der Waals surface area contributed by atoms with Gasteiger partial charge in [-0.1, -0.05) is 0 Å². The number of nitrogens with one attached hydrogen (secondary N) is 1. The van der Waals surface area contributed by atoms with Crippen LogP contribution in [0.3, 0.4) is 0 Å². The summed E-state index contributed by atoms with van der Waals surface area (Å²) in [7, 11) is 0. The van der Waals surface area contributed by atoms with Gasteiger partial charge in [0.1, 0.15) is 17.0 Å². The van der Waals surface area contributed by atoms with Gasteiger partial charge in [0.2, 0.25) is 5.91 Å². The molecule has 3 heterocycles. The smallest absolute Gasteiger partial charge is 0.242 e. The van der Waals surface area contributed by atoms with E-state index in [1.165, 1.54) is 11.2 Å². The lowest BCUT2D eigenvalue weighted by Gasteiger charge is -2.26. The van der Waals surface area contributed by atoms with Gasteiger partial charge in [0.05, 0.1) is 25.1 Å². The Morgan fingerprint density at radius 1 is 1.45 bits per heavy atom. The molecule has 1 N–H and O–H groups in total. The largest absolute Gasteiger partial charge is 0.378 e. The molecule has 0 spiro atoms. The van der Waals surface area contributed by atoms with E-state index in [4.69, 9.17) is 4.74 Å². The van der Waals surface area contributed by atoms with Crippen molar-refractivity contribution >= 4 is 33.3 Å². The average Bonchev–Trinajstić information content (AvgIpc) is 2.86. The summed E-state index contributed by atoms with van der Waals surface area (Å²) < 4.78 is 5.24. The highest BCUT2D eigenvalue weighted by atomic mass is 32.1. The standard InChI is InChI=1S/C13H16N4O2S/c1-9-6-10-12(15-8-16-13(10)20-9)14-7-11(18)17-2-4-19-5-3-17/h6,8H,2-5,7H2,1H3,(H,14,15,16). The summed E-state index contributed by atoms with van der Waals surface area (Å²) in [6, 6.07) is 2.04. The number of aryl methyl sites for hydroxylation is 1. The zero-order valence-electron chi connectivity index (χ0n) is 11.3. The molecule has 1 amide bonds. The predicted molar refractivity (Wildman–Crippen MR) is 78.0 cm³/mol. The molecule has 0 atom stereocenters. The Morgan fingerprint density at radius 3 is 3.05 bits per heavy atom. The van der Waals surface area contributed by atoms with Gasteiger partial charge in [-0.3, -0.25) is 4.79 Å². The molecule has 6 nitrogen and oxygen atoms in total. The number of ether oxygens (including phenoxy) is 1. The summed E-state index contributed by atoms with van der Waals surface area (Å²) >= 11 is 1.63. The van der Waals surface area contributed by atoms with Crippen molar-refractivity contribution in [2.75, 3.05) is 38.2 Å². The monoisotopic (exact) mass is 292 g/mol. The zero-order valence-corrected chi connectivity index (χ0v) is 12.1. The van der Waals surface area contributed by atoms with Crippen LogP contribution in [0.4, 0.5) is 5.82 Å². The van der Waals surface area contributed by atoms with Gasteiger partial charge in [0, 0.05) is 18.0 Å². The fourth-order valence-corrected chi connectivity index (χ4v) is 3.05. The predicted octanol–water partition coefficient (Wildman–Crippen LogP) is 1.27. The van der Waals surface area contributed by atoms with Crippen molar-refractivity contribution in [3.63, 3.8) is 0 Å². The molecule has 1 fully saturated rings. The van der Waals surface area contributed by atoms with Crippen LogP contribution in [0.5, 0.6) is 0 Å². The van der Waals surface area contributed by atoms with Crippen LogP contribution in [-0.2, 0) is 9.53 Å². The third-order valence-electron chi connectivity index (χ3n) is 3.22. The van der Waals surface area contributed by atoms with E-state index in [0.29, 0.717) is 26.3 Å². The van der Waals surface area contributed by atoms with E-state index in [2.05, 4.69) is 15.3 Å². The number of hydrogen-bond donors (Lipinski definition) is 1. The number of fused-ring (bicyclic) bond motifs is 1. The molecule has 0 aromatic carbocycles. The number of amides is 1. The van der Waals surface area contributed by atoms with Gasteiger partial charge in [0.15, 0.2) is 0 Å². The molecule has 0 saturated carbocycles. The van der Waals surface area contributed by atoms with Crippen LogP contribution in [0.15, 0.2) is 12.4 Å². The second-order valence-electron chi connectivity index (χ2n) is 4.64. The minimum atomic E-state index is 0.0759. The number of rotatable bonds is 3. The number of carbonyl (C=O) groups is 1. The summed E-state index contributed by atoms with van der Waals surface area (Å²) in [4.78, 5) is 24.5. The first kappa shape index (κ1) is 13.3. The van der Waals surface area contributed by atoms with Crippen molar-refractivity contribution < 1.29 is 9.53 Å². The van der Waals surface area contributed by atoms with E-state index < -0.39 is 0 Å². The topological polar surface area (TPSA) is 67.4 Å². The summed E-state index contributed by atoms with van der Waals surface area (Å²) in [5, 5.41) is 4.10. The second-order valence-corrected chi connectivity index (χ2v) is 5.88. The summed E-state index contributed by atoms with van der Waals surface area (Å²) in [5.41, 5.74) is 0. The van der Waals surface area contributed by atoms with E-state index in [0.717, 1.165) is 16.0 Å². The quantitative estimate of drug-likeness (QED) is 0.923. The molecule has 3 rings (SSSR count). The summed E-state index contributed by atoms with van der Waals surface area (Å²) in [5.74, 6) is 0.799. The lowest BCUT2D eigenvalue weighted by atomic mass is 10.3. The minimum Gasteiger partial charge on any atom is -0.378 e. The zero-order chi connectivity index (χ0) is 13.9. The molecule has 2 aromatic rings. The molecule has 0 radical (unpaired) electrons. The van der Waals surface area contributed by atoms with Crippen molar-refractivity contribution in [3.05, 3.63) is 17.3 Å². The van der Waals surface area contributed by atoms with Crippen molar-refractivity contribution in [2.24, 2.45) is 0 Å². The molecular formula is C13H16N4O2S. The first-order chi connectivity index (χ1) is 9.74. The molecule has 0 aliphatic carbocycles. The SMILES string of the molecule is Cc1cc2c(NCC(=O)N3CCOCC3)ncnc2s1. The lowest BCUT2D eigenvalue weighted by molar-refractivity contribution is -0.133. The Labute approximate surface area is 120 Å². The van der Waals surface area contributed by atoms with E-state index in [-0.39, 0.29) is 12.5 Å². The number of carbonyl (C=O) groups excluding carboxylic acids is 1. The van der Waals surface area contributed by atoms with Gasteiger partial charge in [-0.2, -0.15) is 0 Å². The normalized spacial score (nSPS) is 15.6. The lowest BCUT2D eigenvalue weighted by Crippen LogP contribution is -2.43. The fourth-order valence-electron chi connectivity index (χ4n) is 2.20. The molecule has 7 heteroatoms. The highest BCUT2D eigenvalue weighted by molar-refractivity contribution is 7.18. The van der Waals surface area contributed by atoms with E-state index >= 15 is 0 Å². The van der Waals surface area contributed by atoms with E-state index in [1.54, 1.807) is 11.3 Å².